The highest BCUT2D eigenvalue weighted by atomic mass is 19.1. The number of nitrogens with zero attached hydrogens (tertiary/aromatic N) is 1. The molecule has 1 amide bonds. The average Bonchev–Trinajstić information content (AvgIpc) is 2.42. The molecule has 0 aromatic heterocycles. The molecule has 0 bridgehead atoms. The molecule has 0 unspecified atom stereocenters. The third-order valence-electron chi connectivity index (χ3n) is 3.10. The van der Waals surface area contributed by atoms with Gasteiger partial charge in [-0.15, -0.1) is 0 Å². The molecule has 2 aromatic carbocycles. The number of anilines is 2. The summed E-state index contributed by atoms with van der Waals surface area (Å²) in [5.74, 6) is -0.946. The van der Waals surface area contributed by atoms with E-state index < -0.39 is 5.82 Å². The smallest absolute Gasteiger partial charge is 0.261 e. The van der Waals surface area contributed by atoms with Crippen LogP contribution in [0.25, 0.3) is 0 Å². The van der Waals surface area contributed by atoms with Crippen LogP contribution in [0.15, 0.2) is 42.5 Å². The second-order valence-electron chi connectivity index (χ2n) is 4.63. The Morgan fingerprint density at radius 2 is 2.00 bits per heavy atom. The Morgan fingerprint density at radius 3 is 2.65 bits per heavy atom. The van der Waals surface area contributed by atoms with E-state index in [0.29, 0.717) is 12.2 Å². The van der Waals surface area contributed by atoms with E-state index in [-0.39, 0.29) is 11.5 Å². The third kappa shape index (κ3) is 2.79. The molecule has 4 heteroatoms. The zero-order chi connectivity index (χ0) is 14.7. The Bertz CT molecular complexity index is 640. The van der Waals surface area contributed by atoms with E-state index in [0.717, 1.165) is 11.3 Å². The molecule has 0 atom stereocenters. The van der Waals surface area contributed by atoms with Gasteiger partial charge >= 0.3 is 0 Å². The molecule has 0 saturated carbocycles. The lowest BCUT2D eigenvalue weighted by atomic mass is 10.1. The van der Waals surface area contributed by atoms with Crippen molar-refractivity contribution in [2.45, 2.75) is 13.8 Å². The van der Waals surface area contributed by atoms with Gasteiger partial charge in [-0.05, 0) is 49.7 Å². The fourth-order valence-corrected chi connectivity index (χ4v) is 2.09. The topological polar surface area (TPSA) is 46.3 Å². The molecule has 0 radical (unpaired) electrons. The van der Waals surface area contributed by atoms with Crippen molar-refractivity contribution >= 4 is 17.3 Å². The molecule has 3 nitrogen and oxygen atoms in total. The Morgan fingerprint density at radius 1 is 1.25 bits per heavy atom. The van der Waals surface area contributed by atoms with Gasteiger partial charge in [0.25, 0.3) is 5.91 Å². The van der Waals surface area contributed by atoms with E-state index in [2.05, 4.69) is 0 Å². The number of rotatable bonds is 3. The number of hydrogen-bond donors (Lipinski definition) is 1. The molecular formula is C16H17FN2O. The Balaban J connectivity index is 2.41. The van der Waals surface area contributed by atoms with E-state index >= 15 is 0 Å². The summed E-state index contributed by atoms with van der Waals surface area (Å²) in [5, 5.41) is 0. The van der Waals surface area contributed by atoms with Crippen molar-refractivity contribution in [2.75, 3.05) is 17.2 Å². The van der Waals surface area contributed by atoms with E-state index in [1.54, 1.807) is 0 Å². The van der Waals surface area contributed by atoms with Crippen molar-refractivity contribution in [1.82, 2.24) is 0 Å². The first-order valence-electron chi connectivity index (χ1n) is 6.46. The van der Waals surface area contributed by atoms with Crippen LogP contribution >= 0.6 is 0 Å². The first-order chi connectivity index (χ1) is 9.52. The summed E-state index contributed by atoms with van der Waals surface area (Å²) in [5.41, 5.74) is 7.79. The molecule has 2 rings (SSSR count). The van der Waals surface area contributed by atoms with Gasteiger partial charge in [-0.3, -0.25) is 4.79 Å². The third-order valence-corrected chi connectivity index (χ3v) is 3.10. The summed E-state index contributed by atoms with van der Waals surface area (Å²) in [7, 11) is 0. The van der Waals surface area contributed by atoms with Gasteiger partial charge in [0.15, 0.2) is 0 Å². The minimum Gasteiger partial charge on any atom is -0.399 e. The molecule has 0 aliphatic carbocycles. The fraction of sp³-hybridized carbons (Fsp3) is 0.188. The van der Waals surface area contributed by atoms with Gasteiger partial charge in [0.2, 0.25) is 0 Å². The first-order valence-corrected chi connectivity index (χ1v) is 6.46. The van der Waals surface area contributed by atoms with Crippen LogP contribution in [-0.2, 0) is 0 Å². The van der Waals surface area contributed by atoms with Gasteiger partial charge < -0.3 is 10.6 Å². The SMILES string of the molecule is CCN(C(=O)c1cc(N)ccc1F)c1cccc(C)c1. The molecule has 2 N–H and O–H groups in total. The molecule has 0 spiro atoms. The molecule has 0 aliphatic rings. The molecular weight excluding hydrogens is 255 g/mol. The maximum Gasteiger partial charge on any atom is 0.261 e. The molecule has 0 aliphatic heterocycles. The Labute approximate surface area is 117 Å². The standard InChI is InChI=1S/C16H17FN2O/c1-3-19(13-6-4-5-11(2)9-13)16(20)14-10-12(18)7-8-15(14)17/h4-10H,3,18H2,1-2H3. The molecule has 2 aromatic rings. The zero-order valence-corrected chi connectivity index (χ0v) is 11.6. The number of aryl methyl sites for hydroxylation is 1. The zero-order valence-electron chi connectivity index (χ0n) is 11.6. The van der Waals surface area contributed by atoms with E-state index in [1.165, 1.54) is 23.1 Å². The minimum absolute atomic E-state index is 0.00615. The van der Waals surface area contributed by atoms with E-state index in [9.17, 15) is 9.18 Å². The van der Waals surface area contributed by atoms with Crippen LogP contribution in [0.2, 0.25) is 0 Å². The summed E-state index contributed by atoms with van der Waals surface area (Å²) in [4.78, 5) is 14.0. The van der Waals surface area contributed by atoms with E-state index in [4.69, 9.17) is 5.73 Å². The first kappa shape index (κ1) is 14.1. The van der Waals surface area contributed by atoms with Crippen molar-refractivity contribution in [3.8, 4) is 0 Å². The van der Waals surface area contributed by atoms with Crippen LogP contribution < -0.4 is 10.6 Å². The summed E-state index contributed by atoms with van der Waals surface area (Å²) < 4.78 is 13.8. The number of carbonyl (C=O) groups is 1. The number of amides is 1. The van der Waals surface area contributed by atoms with Gasteiger partial charge in [0.1, 0.15) is 5.82 Å². The van der Waals surface area contributed by atoms with Crippen molar-refractivity contribution in [1.29, 1.82) is 0 Å². The van der Waals surface area contributed by atoms with Crippen LogP contribution in [0, 0.1) is 12.7 Å². The largest absolute Gasteiger partial charge is 0.399 e. The molecule has 20 heavy (non-hydrogen) atoms. The summed E-state index contributed by atoms with van der Waals surface area (Å²) in [6.45, 7) is 4.25. The Hall–Kier alpha value is -2.36. The van der Waals surface area contributed by atoms with Crippen molar-refractivity contribution < 1.29 is 9.18 Å². The predicted octanol–water partition coefficient (Wildman–Crippen LogP) is 3.38. The summed E-state index contributed by atoms with van der Waals surface area (Å²) >= 11 is 0. The second kappa shape index (κ2) is 5.74. The number of hydrogen-bond acceptors (Lipinski definition) is 2. The lowest BCUT2D eigenvalue weighted by Crippen LogP contribution is -2.31. The molecule has 0 fully saturated rings. The van der Waals surface area contributed by atoms with Crippen LogP contribution in [0.1, 0.15) is 22.8 Å². The predicted molar refractivity (Wildman–Crippen MR) is 79.3 cm³/mol. The fourth-order valence-electron chi connectivity index (χ4n) is 2.09. The van der Waals surface area contributed by atoms with Crippen LogP contribution in [0.4, 0.5) is 15.8 Å². The molecule has 0 heterocycles. The van der Waals surface area contributed by atoms with Gasteiger partial charge in [0.05, 0.1) is 5.56 Å². The normalized spacial score (nSPS) is 10.3. The number of halogens is 1. The van der Waals surface area contributed by atoms with Gasteiger partial charge in [-0.2, -0.15) is 0 Å². The highest BCUT2D eigenvalue weighted by Crippen LogP contribution is 2.21. The van der Waals surface area contributed by atoms with Crippen molar-refractivity contribution in [3.05, 3.63) is 59.4 Å². The number of nitrogen functional groups attached to an aromatic ring is 1. The minimum atomic E-state index is -0.560. The quantitative estimate of drug-likeness (QED) is 0.871. The second-order valence-corrected chi connectivity index (χ2v) is 4.63. The number of nitrogens with two attached hydrogens (primary N) is 1. The number of carbonyl (C=O) groups excluding carboxylic acids is 1. The van der Waals surface area contributed by atoms with Gasteiger partial charge in [-0.1, -0.05) is 12.1 Å². The van der Waals surface area contributed by atoms with Crippen LogP contribution in [-0.4, -0.2) is 12.5 Å². The van der Waals surface area contributed by atoms with Crippen molar-refractivity contribution in [2.24, 2.45) is 0 Å². The van der Waals surface area contributed by atoms with Crippen LogP contribution in [0.3, 0.4) is 0 Å². The maximum atomic E-state index is 13.8. The average molecular weight is 272 g/mol. The molecule has 104 valence electrons. The maximum absolute atomic E-state index is 13.8. The summed E-state index contributed by atoms with van der Waals surface area (Å²) in [6, 6.07) is 11.6. The lowest BCUT2D eigenvalue weighted by Gasteiger charge is -2.22. The monoisotopic (exact) mass is 272 g/mol. The highest BCUT2D eigenvalue weighted by Gasteiger charge is 2.19. The molecule has 0 saturated heterocycles. The lowest BCUT2D eigenvalue weighted by molar-refractivity contribution is 0.0984. The van der Waals surface area contributed by atoms with Crippen molar-refractivity contribution in [3.63, 3.8) is 0 Å². The Kier molecular flexibility index (Phi) is 4.03. The van der Waals surface area contributed by atoms with E-state index in [1.807, 2.05) is 38.1 Å². The number of benzene rings is 2. The highest BCUT2D eigenvalue weighted by molar-refractivity contribution is 6.06. The van der Waals surface area contributed by atoms with Gasteiger partial charge in [-0.25, -0.2) is 4.39 Å². The van der Waals surface area contributed by atoms with Gasteiger partial charge in [0, 0.05) is 17.9 Å². The van der Waals surface area contributed by atoms with Crippen LogP contribution in [0.5, 0.6) is 0 Å². The summed E-state index contributed by atoms with van der Waals surface area (Å²) in [6.07, 6.45) is 0.